The molecule has 0 unspecified atom stereocenters. The van der Waals surface area contributed by atoms with Crippen LogP contribution in [0.2, 0.25) is 0 Å². The molecule has 0 radical (unpaired) electrons. The number of nitrogens with zero attached hydrogens (tertiary/aromatic N) is 1. The Hall–Kier alpha value is -0.0400. The molecule has 0 heterocycles. The van der Waals surface area contributed by atoms with Crippen molar-refractivity contribution in [1.29, 1.82) is 0 Å². The summed E-state index contributed by atoms with van der Waals surface area (Å²) in [6.07, 6.45) is 9.92. The molecule has 0 N–H and O–H groups in total. The van der Waals surface area contributed by atoms with Crippen molar-refractivity contribution in [3.8, 4) is 0 Å². The molecule has 0 aliphatic heterocycles. The van der Waals surface area contributed by atoms with Gasteiger partial charge in [-0.15, -0.1) is 0 Å². The fourth-order valence-electron chi connectivity index (χ4n) is 2.05. The molecule has 0 saturated heterocycles. The summed E-state index contributed by atoms with van der Waals surface area (Å²) in [6.45, 7) is 11.6. The van der Waals surface area contributed by atoms with Crippen LogP contribution in [0.1, 0.15) is 72.6 Å². The minimum absolute atomic E-state index is 0.718. The van der Waals surface area contributed by atoms with Crippen LogP contribution in [0, 0.1) is 0 Å². The molecular formula is C14H31N. The maximum absolute atomic E-state index is 2.56. The second-order valence-electron chi connectivity index (χ2n) is 4.84. The van der Waals surface area contributed by atoms with E-state index in [2.05, 4.69) is 32.6 Å². The lowest BCUT2D eigenvalue weighted by Gasteiger charge is -2.24. The van der Waals surface area contributed by atoms with E-state index in [1.165, 1.54) is 58.0 Å². The third-order valence-corrected chi connectivity index (χ3v) is 3.19. The van der Waals surface area contributed by atoms with E-state index in [-0.39, 0.29) is 0 Å². The van der Waals surface area contributed by atoms with Crippen LogP contribution in [0.15, 0.2) is 0 Å². The highest BCUT2D eigenvalue weighted by molar-refractivity contribution is 4.60. The van der Waals surface area contributed by atoms with Crippen LogP contribution < -0.4 is 0 Å². The van der Waals surface area contributed by atoms with Gasteiger partial charge in [0.05, 0.1) is 0 Å². The van der Waals surface area contributed by atoms with Crippen molar-refractivity contribution in [1.82, 2.24) is 4.90 Å². The first-order valence-electron chi connectivity index (χ1n) is 6.96. The van der Waals surface area contributed by atoms with Crippen LogP contribution in [-0.2, 0) is 0 Å². The predicted octanol–water partition coefficient (Wildman–Crippen LogP) is 4.47. The standard InChI is InChI=1S/C14H31N/c1-5-7-8-9-10-11-12-13-15(6-2)14(3)4/h14H,5-13H2,1-4H3. The first kappa shape index (κ1) is 15.0. The maximum atomic E-state index is 2.56. The van der Waals surface area contributed by atoms with Crippen molar-refractivity contribution in [2.24, 2.45) is 0 Å². The van der Waals surface area contributed by atoms with Crippen molar-refractivity contribution < 1.29 is 0 Å². The van der Waals surface area contributed by atoms with Gasteiger partial charge in [-0.05, 0) is 33.4 Å². The van der Waals surface area contributed by atoms with E-state index >= 15 is 0 Å². The van der Waals surface area contributed by atoms with E-state index in [0.717, 1.165) is 6.04 Å². The first-order chi connectivity index (χ1) is 7.22. The Morgan fingerprint density at radius 3 is 1.80 bits per heavy atom. The summed E-state index contributed by atoms with van der Waals surface area (Å²) < 4.78 is 0. The second kappa shape index (κ2) is 10.5. The highest BCUT2D eigenvalue weighted by Crippen LogP contribution is 2.08. The maximum Gasteiger partial charge on any atom is 0.00384 e. The van der Waals surface area contributed by atoms with E-state index in [1.54, 1.807) is 0 Å². The van der Waals surface area contributed by atoms with Gasteiger partial charge in [-0.2, -0.15) is 0 Å². The molecule has 0 spiro atoms. The monoisotopic (exact) mass is 213 g/mol. The van der Waals surface area contributed by atoms with Gasteiger partial charge in [0.2, 0.25) is 0 Å². The SMILES string of the molecule is CCCCCCCCCN(CC)C(C)C. The Morgan fingerprint density at radius 1 is 0.800 bits per heavy atom. The zero-order valence-electron chi connectivity index (χ0n) is 11.4. The summed E-state index contributed by atoms with van der Waals surface area (Å²) in [5.74, 6) is 0. The Kier molecular flexibility index (Phi) is 10.4. The highest BCUT2D eigenvalue weighted by atomic mass is 15.1. The molecular weight excluding hydrogens is 182 g/mol. The Labute approximate surface area is 97.2 Å². The summed E-state index contributed by atoms with van der Waals surface area (Å²) in [4.78, 5) is 2.56. The quantitative estimate of drug-likeness (QED) is 0.484. The van der Waals surface area contributed by atoms with Gasteiger partial charge in [-0.3, -0.25) is 0 Å². The average molecular weight is 213 g/mol. The van der Waals surface area contributed by atoms with E-state index < -0.39 is 0 Å². The van der Waals surface area contributed by atoms with Crippen LogP contribution >= 0.6 is 0 Å². The summed E-state index contributed by atoms with van der Waals surface area (Å²) >= 11 is 0. The number of hydrogen-bond acceptors (Lipinski definition) is 1. The third kappa shape index (κ3) is 8.92. The summed E-state index contributed by atoms with van der Waals surface area (Å²) in [7, 11) is 0. The molecule has 0 aliphatic carbocycles. The van der Waals surface area contributed by atoms with Crippen molar-refractivity contribution in [3.05, 3.63) is 0 Å². The Balaban J connectivity index is 3.22. The highest BCUT2D eigenvalue weighted by Gasteiger charge is 2.05. The lowest BCUT2D eigenvalue weighted by molar-refractivity contribution is 0.228. The van der Waals surface area contributed by atoms with Gasteiger partial charge >= 0.3 is 0 Å². The van der Waals surface area contributed by atoms with Crippen LogP contribution in [-0.4, -0.2) is 24.0 Å². The van der Waals surface area contributed by atoms with Gasteiger partial charge in [0.25, 0.3) is 0 Å². The summed E-state index contributed by atoms with van der Waals surface area (Å²) in [5.41, 5.74) is 0. The number of hydrogen-bond donors (Lipinski definition) is 0. The molecule has 1 nitrogen and oxygen atoms in total. The molecule has 0 aromatic rings. The van der Waals surface area contributed by atoms with E-state index in [4.69, 9.17) is 0 Å². The summed E-state index contributed by atoms with van der Waals surface area (Å²) in [5, 5.41) is 0. The van der Waals surface area contributed by atoms with E-state index in [0.29, 0.717) is 0 Å². The van der Waals surface area contributed by atoms with Crippen LogP contribution in [0.3, 0.4) is 0 Å². The number of rotatable bonds is 10. The normalized spacial score (nSPS) is 11.6. The largest absolute Gasteiger partial charge is 0.301 e. The fourth-order valence-corrected chi connectivity index (χ4v) is 2.05. The molecule has 0 aromatic heterocycles. The van der Waals surface area contributed by atoms with Gasteiger partial charge in [-0.25, -0.2) is 0 Å². The smallest absolute Gasteiger partial charge is 0.00384 e. The van der Waals surface area contributed by atoms with Gasteiger partial charge < -0.3 is 4.90 Å². The number of unbranched alkanes of at least 4 members (excludes halogenated alkanes) is 6. The van der Waals surface area contributed by atoms with Crippen molar-refractivity contribution in [2.45, 2.75) is 78.7 Å². The second-order valence-corrected chi connectivity index (χ2v) is 4.84. The zero-order valence-corrected chi connectivity index (χ0v) is 11.4. The van der Waals surface area contributed by atoms with Gasteiger partial charge in [0.15, 0.2) is 0 Å². The molecule has 0 atom stereocenters. The topological polar surface area (TPSA) is 3.24 Å². The molecule has 0 rings (SSSR count). The lowest BCUT2D eigenvalue weighted by atomic mass is 10.1. The minimum atomic E-state index is 0.718. The molecule has 0 amide bonds. The van der Waals surface area contributed by atoms with Crippen LogP contribution in [0.4, 0.5) is 0 Å². The predicted molar refractivity (Wildman–Crippen MR) is 70.4 cm³/mol. The molecule has 0 fully saturated rings. The zero-order chi connectivity index (χ0) is 11.5. The van der Waals surface area contributed by atoms with Gasteiger partial charge in [0, 0.05) is 6.04 Å². The van der Waals surface area contributed by atoms with E-state index in [9.17, 15) is 0 Å². The van der Waals surface area contributed by atoms with Crippen molar-refractivity contribution in [3.63, 3.8) is 0 Å². The van der Waals surface area contributed by atoms with E-state index in [1.807, 2.05) is 0 Å². The molecule has 15 heavy (non-hydrogen) atoms. The summed E-state index contributed by atoms with van der Waals surface area (Å²) in [6, 6.07) is 0.718. The average Bonchev–Trinajstić information content (AvgIpc) is 2.21. The molecule has 1 heteroatoms. The molecule has 0 saturated carbocycles. The van der Waals surface area contributed by atoms with Gasteiger partial charge in [-0.1, -0.05) is 52.4 Å². The first-order valence-corrected chi connectivity index (χ1v) is 6.96. The Morgan fingerprint density at radius 2 is 1.33 bits per heavy atom. The van der Waals surface area contributed by atoms with Crippen LogP contribution in [0.5, 0.6) is 0 Å². The van der Waals surface area contributed by atoms with Gasteiger partial charge in [0.1, 0.15) is 0 Å². The Bertz CT molecular complexity index is 121. The van der Waals surface area contributed by atoms with Crippen LogP contribution in [0.25, 0.3) is 0 Å². The van der Waals surface area contributed by atoms with Crippen molar-refractivity contribution >= 4 is 0 Å². The van der Waals surface area contributed by atoms with Crippen molar-refractivity contribution in [2.75, 3.05) is 13.1 Å². The third-order valence-electron chi connectivity index (χ3n) is 3.19. The molecule has 92 valence electrons. The molecule has 0 bridgehead atoms. The molecule has 0 aromatic carbocycles. The molecule has 0 aliphatic rings. The lowest BCUT2D eigenvalue weighted by Crippen LogP contribution is -2.31. The fraction of sp³-hybridized carbons (Fsp3) is 1.00. The minimum Gasteiger partial charge on any atom is -0.301 e.